The molecule has 0 aliphatic carbocycles. The highest BCUT2D eigenvalue weighted by atomic mass is 16.3. The third kappa shape index (κ3) is 1.82. The van der Waals surface area contributed by atoms with E-state index in [1.54, 1.807) is 0 Å². The van der Waals surface area contributed by atoms with Crippen LogP contribution in [0.1, 0.15) is 5.56 Å². The molecular formula is C25H18NO+. The van der Waals surface area contributed by atoms with E-state index in [1.807, 2.05) is 0 Å². The topological polar surface area (TPSA) is 17.0 Å². The number of pyridine rings is 1. The summed E-state index contributed by atoms with van der Waals surface area (Å²) in [7, 11) is 2.11. The fraction of sp³-hybridized carbons (Fsp3) is 0.0800. The highest BCUT2D eigenvalue weighted by Gasteiger charge is 2.24. The third-order valence-electron chi connectivity index (χ3n) is 5.78. The quantitative estimate of drug-likeness (QED) is 0.258. The van der Waals surface area contributed by atoms with E-state index in [-0.39, 0.29) is 0 Å². The zero-order valence-corrected chi connectivity index (χ0v) is 15.3. The fourth-order valence-corrected chi connectivity index (χ4v) is 4.65. The lowest BCUT2D eigenvalue weighted by molar-refractivity contribution is -0.660. The molecule has 128 valence electrons. The van der Waals surface area contributed by atoms with Gasteiger partial charge in [0.1, 0.15) is 18.2 Å². The molecule has 2 heterocycles. The van der Waals surface area contributed by atoms with Crippen molar-refractivity contribution >= 4 is 43.5 Å². The maximum absolute atomic E-state index is 6.28. The summed E-state index contributed by atoms with van der Waals surface area (Å²) < 4.78 is 8.48. The van der Waals surface area contributed by atoms with Crippen molar-refractivity contribution in [2.45, 2.75) is 6.92 Å². The van der Waals surface area contributed by atoms with E-state index in [4.69, 9.17) is 4.42 Å². The van der Waals surface area contributed by atoms with Gasteiger partial charge in [-0.25, -0.2) is 4.57 Å². The zero-order chi connectivity index (χ0) is 18.1. The number of fused-ring (bicyclic) bond motifs is 3. The lowest BCUT2D eigenvalue weighted by Crippen LogP contribution is -2.30. The van der Waals surface area contributed by atoms with Gasteiger partial charge in [-0.05, 0) is 46.8 Å². The Balaban J connectivity index is 2.00. The van der Waals surface area contributed by atoms with Crippen LogP contribution in [0.4, 0.5) is 0 Å². The fourth-order valence-electron chi connectivity index (χ4n) is 4.65. The summed E-state index contributed by atoms with van der Waals surface area (Å²) in [4.78, 5) is 0. The van der Waals surface area contributed by atoms with Gasteiger partial charge >= 0.3 is 0 Å². The van der Waals surface area contributed by atoms with Crippen molar-refractivity contribution in [1.29, 1.82) is 0 Å². The molecule has 6 rings (SSSR count). The van der Waals surface area contributed by atoms with Crippen LogP contribution in [0.3, 0.4) is 0 Å². The van der Waals surface area contributed by atoms with Gasteiger partial charge in [0.05, 0.1) is 5.56 Å². The number of hydrogen-bond donors (Lipinski definition) is 0. The molecule has 27 heavy (non-hydrogen) atoms. The molecule has 2 aromatic heterocycles. The van der Waals surface area contributed by atoms with Crippen LogP contribution in [0.25, 0.3) is 54.7 Å². The van der Waals surface area contributed by atoms with Crippen molar-refractivity contribution in [3.8, 4) is 11.3 Å². The van der Waals surface area contributed by atoms with E-state index in [1.165, 1.54) is 49.1 Å². The molecule has 0 spiro atoms. The molecule has 6 aromatic rings. The van der Waals surface area contributed by atoms with Gasteiger partial charge in [0.25, 0.3) is 0 Å². The van der Waals surface area contributed by atoms with E-state index in [0.717, 1.165) is 11.2 Å². The number of rotatable bonds is 1. The second kappa shape index (κ2) is 5.08. The Kier molecular flexibility index (Phi) is 2.77. The molecular weight excluding hydrogens is 330 g/mol. The Morgan fingerprint density at radius 3 is 2.30 bits per heavy atom. The second-order valence-corrected chi connectivity index (χ2v) is 7.34. The zero-order valence-electron chi connectivity index (χ0n) is 15.3. The van der Waals surface area contributed by atoms with Gasteiger partial charge < -0.3 is 4.42 Å². The van der Waals surface area contributed by atoms with E-state index < -0.39 is 0 Å². The van der Waals surface area contributed by atoms with Crippen LogP contribution in [0, 0.1) is 6.92 Å². The van der Waals surface area contributed by atoms with Crippen molar-refractivity contribution in [3.63, 3.8) is 0 Å². The number of furan rings is 1. The largest absolute Gasteiger partial charge is 0.456 e. The standard InChI is InChI=1S/C25H18NO/c1-15-14-21-25-23-17(10-7-12-20(23)27-21)16-8-3-4-9-18(16)24(25)22(15)19-11-5-6-13-26(19)2/h3-14H,1-2H3/q+1. The maximum Gasteiger partial charge on any atom is 0.213 e. The van der Waals surface area contributed by atoms with Crippen molar-refractivity contribution < 1.29 is 8.98 Å². The maximum atomic E-state index is 6.28. The summed E-state index contributed by atoms with van der Waals surface area (Å²) in [5.74, 6) is 0. The number of aromatic nitrogens is 1. The molecule has 0 saturated heterocycles. The molecule has 4 aromatic carbocycles. The van der Waals surface area contributed by atoms with Gasteiger partial charge in [-0.1, -0.05) is 36.4 Å². The van der Waals surface area contributed by atoms with Crippen LogP contribution in [-0.2, 0) is 7.05 Å². The average Bonchev–Trinajstić information content (AvgIpc) is 3.06. The summed E-state index contributed by atoms with van der Waals surface area (Å²) in [5, 5.41) is 7.60. The van der Waals surface area contributed by atoms with Crippen molar-refractivity contribution in [2.24, 2.45) is 7.05 Å². The highest BCUT2D eigenvalue weighted by Crippen LogP contribution is 2.46. The predicted octanol–water partition coefficient (Wildman–Crippen LogP) is 6.13. The first-order valence-electron chi connectivity index (χ1n) is 9.27. The molecule has 2 nitrogen and oxygen atoms in total. The molecule has 0 saturated carbocycles. The minimum atomic E-state index is 0.965. The van der Waals surface area contributed by atoms with Crippen LogP contribution >= 0.6 is 0 Å². The summed E-state index contributed by atoms with van der Waals surface area (Å²) in [6.45, 7) is 2.18. The third-order valence-corrected chi connectivity index (χ3v) is 5.78. The summed E-state index contributed by atoms with van der Waals surface area (Å²) >= 11 is 0. The monoisotopic (exact) mass is 348 g/mol. The molecule has 0 fully saturated rings. The smallest absolute Gasteiger partial charge is 0.213 e. The van der Waals surface area contributed by atoms with E-state index in [9.17, 15) is 0 Å². The van der Waals surface area contributed by atoms with Crippen LogP contribution in [-0.4, -0.2) is 0 Å². The molecule has 0 amide bonds. The molecule has 0 aliphatic rings. The highest BCUT2D eigenvalue weighted by molar-refractivity contribution is 6.35. The minimum absolute atomic E-state index is 0.965. The van der Waals surface area contributed by atoms with Gasteiger partial charge in [-0.15, -0.1) is 0 Å². The lowest BCUT2D eigenvalue weighted by atomic mass is 9.88. The Bertz CT molecular complexity index is 1490. The first-order chi connectivity index (χ1) is 13.2. The Hall–Kier alpha value is -3.39. The molecule has 0 bridgehead atoms. The van der Waals surface area contributed by atoms with Gasteiger partial charge in [-0.2, -0.15) is 0 Å². The van der Waals surface area contributed by atoms with Gasteiger partial charge in [0.15, 0.2) is 6.20 Å². The Morgan fingerprint density at radius 1 is 0.704 bits per heavy atom. The van der Waals surface area contributed by atoms with Crippen LogP contribution < -0.4 is 4.57 Å². The Morgan fingerprint density at radius 2 is 1.44 bits per heavy atom. The first kappa shape index (κ1) is 14.7. The van der Waals surface area contributed by atoms with Crippen molar-refractivity contribution in [3.05, 3.63) is 78.5 Å². The van der Waals surface area contributed by atoms with E-state index in [2.05, 4.69) is 91.5 Å². The number of benzene rings is 4. The van der Waals surface area contributed by atoms with Gasteiger partial charge in [-0.3, -0.25) is 0 Å². The number of nitrogens with zero attached hydrogens (tertiary/aromatic N) is 1. The Labute approximate surface area is 156 Å². The molecule has 0 aliphatic heterocycles. The molecule has 0 radical (unpaired) electrons. The second-order valence-electron chi connectivity index (χ2n) is 7.34. The summed E-state index contributed by atoms with van der Waals surface area (Å²) in [5.41, 5.74) is 5.68. The lowest BCUT2D eigenvalue weighted by Gasteiger charge is -2.13. The number of aryl methyl sites for hydroxylation is 2. The molecule has 0 atom stereocenters. The normalized spacial score (nSPS) is 12.1. The molecule has 0 N–H and O–H groups in total. The van der Waals surface area contributed by atoms with Crippen molar-refractivity contribution in [1.82, 2.24) is 0 Å². The van der Waals surface area contributed by atoms with Crippen molar-refractivity contribution in [2.75, 3.05) is 0 Å². The minimum Gasteiger partial charge on any atom is -0.456 e. The predicted molar refractivity (Wildman–Crippen MR) is 111 cm³/mol. The van der Waals surface area contributed by atoms with Crippen LogP contribution in [0.5, 0.6) is 0 Å². The van der Waals surface area contributed by atoms with Crippen LogP contribution in [0.15, 0.2) is 77.3 Å². The SMILES string of the molecule is Cc1cc2oc3cccc4c5ccccc5c(c1-c1cccc[n+]1C)c2c34. The number of hydrogen-bond acceptors (Lipinski definition) is 1. The average molecular weight is 348 g/mol. The van der Waals surface area contributed by atoms with Gasteiger partial charge in [0.2, 0.25) is 5.69 Å². The molecule has 2 heteroatoms. The van der Waals surface area contributed by atoms with Crippen LogP contribution in [0.2, 0.25) is 0 Å². The van der Waals surface area contributed by atoms with E-state index >= 15 is 0 Å². The summed E-state index contributed by atoms with van der Waals surface area (Å²) in [6.07, 6.45) is 2.11. The van der Waals surface area contributed by atoms with E-state index in [0.29, 0.717) is 0 Å². The van der Waals surface area contributed by atoms with Gasteiger partial charge in [0, 0.05) is 28.3 Å². The summed E-state index contributed by atoms with van der Waals surface area (Å²) in [6, 6.07) is 23.7. The molecule has 0 unspecified atom stereocenters. The first-order valence-corrected chi connectivity index (χ1v) is 9.27.